The van der Waals surface area contributed by atoms with Gasteiger partial charge in [0, 0.05) is 6.54 Å². The van der Waals surface area contributed by atoms with E-state index in [9.17, 15) is 40.7 Å². The van der Waals surface area contributed by atoms with Crippen LogP contribution in [0.15, 0.2) is 78.9 Å². The molecule has 0 saturated carbocycles. The second-order valence-corrected chi connectivity index (χ2v) is 11.1. The van der Waals surface area contributed by atoms with E-state index in [0.717, 1.165) is 0 Å². The number of hydrazine groups is 1. The normalized spacial score (nSPS) is 19.0. The molecule has 0 bridgehead atoms. The Balaban J connectivity index is 1.70. The molecule has 4 rings (SSSR count). The largest absolute Gasteiger partial charge is 0.445 e. The van der Waals surface area contributed by atoms with Gasteiger partial charge in [-0.1, -0.05) is 60.7 Å². The van der Waals surface area contributed by atoms with Crippen LogP contribution in [0.2, 0.25) is 0 Å². The summed E-state index contributed by atoms with van der Waals surface area (Å²) in [7, 11) is 0. The Kier molecular flexibility index (Phi) is 10.7. The highest BCUT2D eigenvalue weighted by molar-refractivity contribution is 5.83. The molecule has 4 N–H and O–H groups in total. The van der Waals surface area contributed by atoms with Crippen molar-refractivity contribution in [2.75, 3.05) is 13.2 Å². The molecule has 0 aliphatic carbocycles. The summed E-state index contributed by atoms with van der Waals surface area (Å²) >= 11 is 0. The topological polar surface area (TPSA) is 123 Å². The summed E-state index contributed by atoms with van der Waals surface area (Å²) in [5.41, 5.74) is 5.70. The smallest absolute Gasteiger partial charge is 0.416 e. The second kappa shape index (κ2) is 14.3. The highest BCUT2D eigenvalue weighted by Gasteiger charge is 2.48. The molecule has 47 heavy (non-hydrogen) atoms. The fourth-order valence-electron chi connectivity index (χ4n) is 5.37. The zero-order valence-electron chi connectivity index (χ0n) is 25.0. The number of carbonyl (C=O) groups excluding carboxylic acids is 3. The molecule has 1 unspecified atom stereocenters. The molecule has 9 nitrogen and oxygen atoms in total. The number of piperidine rings is 1. The number of hydrogen-bond acceptors (Lipinski definition) is 5. The zero-order chi connectivity index (χ0) is 34.4. The number of urea groups is 1. The lowest BCUT2D eigenvalue weighted by Gasteiger charge is -2.48. The number of benzene rings is 3. The standard InChI is InChI=1S/C32H32F6N4O5/c1-20(23-14-25(31(33,34)35)16-26(15-23)32(36,37)38)47-19-30(24-10-6-3-7-11-24)13-12-22(27(43)40-41-28(39)44)17-42(30)29(45)46-18-21-8-4-2-5-9-21/h2-11,14-16,20,22H,12-13,17-19H2,1H3,(H,40,43)(H3,39,41,44)/t20-,22?,30-/m1/s1. The summed E-state index contributed by atoms with van der Waals surface area (Å²) in [5.74, 6) is -1.51. The minimum atomic E-state index is -5.05. The average molecular weight is 667 g/mol. The quantitative estimate of drug-likeness (QED) is 0.189. The third kappa shape index (κ3) is 8.73. The van der Waals surface area contributed by atoms with Crippen LogP contribution in [0.4, 0.5) is 35.9 Å². The number of ether oxygens (including phenoxy) is 2. The van der Waals surface area contributed by atoms with Crippen LogP contribution < -0.4 is 16.6 Å². The fourth-order valence-corrected chi connectivity index (χ4v) is 5.37. The van der Waals surface area contributed by atoms with Crippen LogP contribution in [0.5, 0.6) is 0 Å². The van der Waals surface area contributed by atoms with Gasteiger partial charge >= 0.3 is 24.5 Å². The minimum absolute atomic E-state index is 0.0333. The summed E-state index contributed by atoms with van der Waals surface area (Å²) in [5, 5.41) is 0. The van der Waals surface area contributed by atoms with Crippen molar-refractivity contribution in [3.05, 3.63) is 107 Å². The van der Waals surface area contributed by atoms with Gasteiger partial charge in [-0.25, -0.2) is 15.0 Å². The van der Waals surface area contributed by atoms with Crippen LogP contribution in [0, 0.1) is 5.92 Å². The number of nitrogens with zero attached hydrogens (tertiary/aromatic N) is 1. The number of nitrogens with one attached hydrogen (secondary N) is 2. The predicted molar refractivity (Wildman–Crippen MR) is 156 cm³/mol. The number of alkyl halides is 6. The average Bonchev–Trinajstić information content (AvgIpc) is 3.04. The lowest BCUT2D eigenvalue weighted by atomic mass is 9.77. The van der Waals surface area contributed by atoms with Crippen molar-refractivity contribution in [1.29, 1.82) is 0 Å². The predicted octanol–water partition coefficient (Wildman–Crippen LogP) is 6.45. The third-order valence-electron chi connectivity index (χ3n) is 7.89. The molecule has 1 heterocycles. The first-order valence-corrected chi connectivity index (χ1v) is 14.4. The van der Waals surface area contributed by atoms with Gasteiger partial charge in [-0.15, -0.1) is 0 Å². The molecule has 3 aromatic rings. The fraction of sp³-hybridized carbons (Fsp3) is 0.344. The van der Waals surface area contributed by atoms with E-state index in [1.54, 1.807) is 60.7 Å². The van der Waals surface area contributed by atoms with Gasteiger partial charge in [0.2, 0.25) is 5.91 Å². The van der Waals surface area contributed by atoms with E-state index in [1.165, 1.54) is 11.8 Å². The van der Waals surface area contributed by atoms with Crippen LogP contribution in [-0.4, -0.2) is 36.1 Å². The maximum Gasteiger partial charge on any atom is 0.416 e. The van der Waals surface area contributed by atoms with E-state index in [0.29, 0.717) is 23.3 Å². The third-order valence-corrected chi connectivity index (χ3v) is 7.89. The Morgan fingerprint density at radius 3 is 2.04 bits per heavy atom. The van der Waals surface area contributed by atoms with Gasteiger partial charge < -0.3 is 15.2 Å². The van der Waals surface area contributed by atoms with E-state index < -0.39 is 59.1 Å². The maximum absolute atomic E-state index is 13.8. The number of rotatable bonds is 8. The van der Waals surface area contributed by atoms with E-state index in [2.05, 4.69) is 5.43 Å². The summed E-state index contributed by atoms with van der Waals surface area (Å²) in [4.78, 5) is 39.1. The summed E-state index contributed by atoms with van der Waals surface area (Å²) in [6.45, 7) is 0.544. The Hall–Kier alpha value is -4.79. The highest BCUT2D eigenvalue weighted by Crippen LogP contribution is 2.43. The Labute approximate surface area is 266 Å². The van der Waals surface area contributed by atoms with Gasteiger partial charge in [0.25, 0.3) is 0 Å². The summed E-state index contributed by atoms with van der Waals surface area (Å²) in [6.07, 6.45) is -12.0. The molecule has 1 aliphatic heterocycles. The number of hydrogen-bond donors (Lipinski definition) is 3. The molecule has 0 spiro atoms. The molecule has 0 aromatic heterocycles. The lowest BCUT2D eigenvalue weighted by Crippen LogP contribution is -2.60. The second-order valence-electron chi connectivity index (χ2n) is 11.1. The van der Waals surface area contributed by atoms with Crippen LogP contribution in [-0.2, 0) is 38.8 Å². The van der Waals surface area contributed by atoms with Gasteiger partial charge in [-0.2, -0.15) is 26.3 Å². The van der Waals surface area contributed by atoms with E-state index in [-0.39, 0.29) is 44.2 Å². The van der Waals surface area contributed by atoms with Crippen LogP contribution in [0.3, 0.4) is 0 Å². The van der Waals surface area contributed by atoms with E-state index >= 15 is 0 Å². The number of halogens is 6. The number of primary amides is 1. The molecule has 0 radical (unpaired) electrons. The van der Waals surface area contributed by atoms with Crippen LogP contribution in [0.1, 0.15) is 53.7 Å². The van der Waals surface area contributed by atoms with Gasteiger partial charge in [0.15, 0.2) is 0 Å². The van der Waals surface area contributed by atoms with Crippen molar-refractivity contribution < 1.29 is 50.2 Å². The molecular formula is C32H32F6N4O5. The van der Waals surface area contributed by atoms with Crippen molar-refractivity contribution >= 4 is 18.0 Å². The first kappa shape index (κ1) is 35.1. The van der Waals surface area contributed by atoms with Crippen molar-refractivity contribution in [3.8, 4) is 0 Å². The highest BCUT2D eigenvalue weighted by atomic mass is 19.4. The van der Waals surface area contributed by atoms with Crippen molar-refractivity contribution in [1.82, 2.24) is 15.8 Å². The van der Waals surface area contributed by atoms with Gasteiger partial charge in [-0.3, -0.25) is 15.1 Å². The number of nitrogens with two attached hydrogens (primary N) is 1. The molecule has 3 atom stereocenters. The van der Waals surface area contributed by atoms with E-state index in [1.807, 2.05) is 5.43 Å². The first-order valence-electron chi connectivity index (χ1n) is 14.4. The number of carbonyl (C=O) groups is 3. The van der Waals surface area contributed by atoms with Crippen molar-refractivity contribution in [2.24, 2.45) is 11.7 Å². The lowest BCUT2D eigenvalue weighted by molar-refractivity contribution is -0.143. The molecule has 3 aromatic carbocycles. The Bertz CT molecular complexity index is 1520. The SMILES string of the molecule is C[C@@H](OC[C@@]1(c2ccccc2)CCC(C(=O)NNC(N)=O)CN1C(=O)OCc1ccccc1)c1cc(C(F)(F)F)cc(C(F)(F)F)c1. The molecule has 1 fully saturated rings. The Morgan fingerprint density at radius 2 is 1.49 bits per heavy atom. The Morgan fingerprint density at radius 1 is 0.915 bits per heavy atom. The van der Waals surface area contributed by atoms with Crippen LogP contribution >= 0.6 is 0 Å². The van der Waals surface area contributed by atoms with Gasteiger partial charge in [-0.05, 0) is 54.7 Å². The molecule has 15 heteroatoms. The monoisotopic (exact) mass is 666 g/mol. The summed E-state index contributed by atoms with van der Waals surface area (Å²) in [6, 6.07) is 17.4. The molecule has 1 aliphatic rings. The van der Waals surface area contributed by atoms with Crippen LogP contribution in [0.25, 0.3) is 0 Å². The van der Waals surface area contributed by atoms with Crippen molar-refractivity contribution in [3.63, 3.8) is 0 Å². The minimum Gasteiger partial charge on any atom is -0.445 e. The number of amides is 4. The molecule has 1 saturated heterocycles. The molecule has 252 valence electrons. The molecule has 4 amide bonds. The number of likely N-dealkylation sites (tertiary alicyclic amines) is 1. The zero-order valence-corrected chi connectivity index (χ0v) is 25.0. The van der Waals surface area contributed by atoms with E-state index in [4.69, 9.17) is 15.2 Å². The first-order chi connectivity index (χ1) is 22.1. The van der Waals surface area contributed by atoms with Gasteiger partial charge in [0.05, 0.1) is 35.3 Å². The molecular weight excluding hydrogens is 634 g/mol. The van der Waals surface area contributed by atoms with Gasteiger partial charge in [0.1, 0.15) is 6.61 Å². The maximum atomic E-state index is 13.8. The van der Waals surface area contributed by atoms with Crippen molar-refractivity contribution in [2.45, 2.75) is 50.4 Å². The summed E-state index contributed by atoms with van der Waals surface area (Å²) < 4.78 is 93.0.